The van der Waals surface area contributed by atoms with Gasteiger partial charge in [-0.15, -0.1) is 0 Å². The van der Waals surface area contributed by atoms with Crippen LogP contribution in [0.15, 0.2) is 66.0 Å². The maximum atomic E-state index is 13.4. The molecule has 37 heavy (non-hydrogen) atoms. The molecule has 1 aliphatic heterocycles. The Hall–Kier alpha value is -3.04. The van der Waals surface area contributed by atoms with Gasteiger partial charge in [-0.1, -0.05) is 56.3 Å². The van der Waals surface area contributed by atoms with Gasteiger partial charge in [-0.05, 0) is 42.0 Å². The average Bonchev–Trinajstić information content (AvgIpc) is 3.51. The first kappa shape index (κ1) is 27.0. The molecule has 2 heterocycles. The van der Waals surface area contributed by atoms with Crippen LogP contribution in [0.3, 0.4) is 0 Å². The lowest BCUT2D eigenvalue weighted by molar-refractivity contribution is -0.131. The van der Waals surface area contributed by atoms with E-state index < -0.39 is 15.7 Å². The van der Waals surface area contributed by atoms with Crippen LogP contribution < -0.4 is 0 Å². The number of hydrogen-bond acceptors (Lipinski definition) is 5. The van der Waals surface area contributed by atoms with Crippen molar-refractivity contribution in [3.8, 4) is 0 Å². The van der Waals surface area contributed by atoms with Crippen LogP contribution in [0.5, 0.6) is 0 Å². The van der Waals surface area contributed by atoms with Crippen LogP contribution in [0, 0.1) is 11.7 Å². The summed E-state index contributed by atoms with van der Waals surface area (Å²) in [5, 5.41) is -0.0534. The van der Waals surface area contributed by atoms with Crippen LogP contribution in [0.4, 0.5) is 4.39 Å². The molecule has 2 aromatic carbocycles. The fraction of sp³-hybridized carbons (Fsp3) is 0.429. The Morgan fingerprint density at radius 2 is 1.86 bits per heavy atom. The predicted octanol–water partition coefficient (Wildman–Crippen LogP) is 4.40. The van der Waals surface area contributed by atoms with Crippen molar-refractivity contribution in [1.29, 1.82) is 0 Å². The standard InChI is InChI=1S/C28H34FN3O4S/c1-21(2)17-31(27(33)15-22-7-4-3-5-8-22)18-25-16-30-28(32(25)19-26-9-6-14-36-26)37(34,35)20-23-10-12-24(29)13-11-23/h3-5,7-8,10-13,16,21,26H,6,9,14-15,17-20H2,1-2H3/t26-/m0/s1. The van der Waals surface area contributed by atoms with Gasteiger partial charge < -0.3 is 14.2 Å². The quantitative estimate of drug-likeness (QED) is 0.369. The van der Waals surface area contributed by atoms with Crippen LogP contribution in [-0.4, -0.2) is 48.0 Å². The fourth-order valence-electron chi connectivity index (χ4n) is 4.59. The third-order valence-electron chi connectivity index (χ3n) is 6.35. The molecule has 0 bridgehead atoms. The van der Waals surface area contributed by atoms with E-state index in [1.165, 1.54) is 24.3 Å². The molecular weight excluding hydrogens is 493 g/mol. The van der Waals surface area contributed by atoms with Crippen molar-refractivity contribution >= 4 is 15.7 Å². The van der Waals surface area contributed by atoms with E-state index in [1.807, 2.05) is 44.2 Å². The molecule has 3 aromatic rings. The molecule has 1 fully saturated rings. The first-order chi connectivity index (χ1) is 17.7. The van der Waals surface area contributed by atoms with Crippen LogP contribution in [0.2, 0.25) is 0 Å². The monoisotopic (exact) mass is 527 g/mol. The summed E-state index contributed by atoms with van der Waals surface area (Å²) in [5.74, 6) is -0.511. The molecule has 0 unspecified atom stereocenters. The zero-order valence-corrected chi connectivity index (χ0v) is 22.2. The first-order valence-electron chi connectivity index (χ1n) is 12.7. The minimum atomic E-state index is -3.83. The van der Waals surface area contributed by atoms with Crippen LogP contribution in [0.1, 0.15) is 43.5 Å². The van der Waals surface area contributed by atoms with Gasteiger partial charge in [-0.2, -0.15) is 0 Å². The molecular formula is C28H34FN3O4S. The van der Waals surface area contributed by atoms with Gasteiger partial charge >= 0.3 is 0 Å². The first-order valence-corrected chi connectivity index (χ1v) is 14.3. The third kappa shape index (κ3) is 7.26. The highest BCUT2D eigenvalue weighted by molar-refractivity contribution is 7.90. The summed E-state index contributed by atoms with van der Waals surface area (Å²) >= 11 is 0. The SMILES string of the molecule is CC(C)CN(Cc1cnc(S(=O)(=O)Cc2ccc(F)cc2)n1C[C@@H]1CCCO1)C(=O)Cc1ccccc1. The molecule has 0 radical (unpaired) electrons. The van der Waals surface area contributed by atoms with E-state index in [2.05, 4.69) is 4.98 Å². The molecule has 7 nitrogen and oxygen atoms in total. The van der Waals surface area contributed by atoms with E-state index in [4.69, 9.17) is 4.74 Å². The summed E-state index contributed by atoms with van der Waals surface area (Å²) in [6.07, 6.45) is 3.45. The van der Waals surface area contributed by atoms with Crippen molar-refractivity contribution in [3.05, 3.63) is 83.4 Å². The number of halogens is 1. The molecule has 198 valence electrons. The van der Waals surface area contributed by atoms with E-state index in [1.54, 1.807) is 15.7 Å². The number of rotatable bonds is 11. The zero-order chi connectivity index (χ0) is 26.4. The highest BCUT2D eigenvalue weighted by Gasteiger charge is 2.28. The molecule has 0 aliphatic carbocycles. The van der Waals surface area contributed by atoms with Gasteiger partial charge in [-0.3, -0.25) is 4.79 Å². The van der Waals surface area contributed by atoms with Gasteiger partial charge in [0, 0.05) is 13.2 Å². The molecule has 1 amide bonds. The maximum Gasteiger partial charge on any atom is 0.228 e. The van der Waals surface area contributed by atoms with E-state index in [9.17, 15) is 17.6 Å². The molecule has 1 saturated heterocycles. The molecule has 1 aromatic heterocycles. The summed E-state index contributed by atoms with van der Waals surface area (Å²) in [6.45, 7) is 5.86. The van der Waals surface area contributed by atoms with E-state index in [0.29, 0.717) is 31.0 Å². The Kier molecular flexibility index (Phi) is 8.76. The Labute approximate surface area is 218 Å². The lowest BCUT2D eigenvalue weighted by Crippen LogP contribution is -2.36. The summed E-state index contributed by atoms with van der Waals surface area (Å²) < 4.78 is 47.7. The van der Waals surface area contributed by atoms with E-state index >= 15 is 0 Å². The van der Waals surface area contributed by atoms with Crippen molar-refractivity contribution in [2.75, 3.05) is 13.2 Å². The Bertz CT molecular complexity index is 1280. The number of benzene rings is 2. The minimum absolute atomic E-state index is 0.0273. The zero-order valence-electron chi connectivity index (χ0n) is 21.3. The van der Waals surface area contributed by atoms with Crippen molar-refractivity contribution < 1.29 is 22.3 Å². The number of ether oxygens (including phenoxy) is 1. The number of aromatic nitrogens is 2. The highest BCUT2D eigenvalue weighted by Crippen LogP contribution is 2.23. The van der Waals surface area contributed by atoms with Gasteiger partial charge in [0.1, 0.15) is 5.82 Å². The number of imidazole rings is 1. The average molecular weight is 528 g/mol. The third-order valence-corrected chi connectivity index (χ3v) is 7.94. The second kappa shape index (κ2) is 12.0. The van der Waals surface area contributed by atoms with E-state index in [0.717, 1.165) is 18.4 Å². The smallest absolute Gasteiger partial charge is 0.228 e. The Balaban J connectivity index is 1.63. The number of hydrogen-bond donors (Lipinski definition) is 0. The van der Waals surface area contributed by atoms with Gasteiger partial charge in [-0.25, -0.2) is 17.8 Å². The van der Waals surface area contributed by atoms with Crippen molar-refractivity contribution in [1.82, 2.24) is 14.5 Å². The minimum Gasteiger partial charge on any atom is -0.376 e. The Morgan fingerprint density at radius 3 is 2.51 bits per heavy atom. The Morgan fingerprint density at radius 1 is 1.14 bits per heavy atom. The molecule has 0 spiro atoms. The summed E-state index contributed by atoms with van der Waals surface area (Å²) in [4.78, 5) is 19.4. The highest BCUT2D eigenvalue weighted by atomic mass is 32.2. The normalized spacial score (nSPS) is 15.8. The molecule has 1 aliphatic rings. The van der Waals surface area contributed by atoms with Gasteiger partial charge in [0.25, 0.3) is 0 Å². The second-order valence-electron chi connectivity index (χ2n) is 9.99. The number of nitrogens with zero attached hydrogens (tertiary/aromatic N) is 3. The summed E-state index contributed by atoms with van der Waals surface area (Å²) in [5.41, 5.74) is 2.06. The second-order valence-corrected chi connectivity index (χ2v) is 11.9. The molecule has 0 N–H and O–H groups in total. The van der Waals surface area contributed by atoms with Crippen molar-refractivity contribution in [3.63, 3.8) is 0 Å². The maximum absolute atomic E-state index is 13.4. The summed E-state index contributed by atoms with van der Waals surface area (Å²) in [6, 6.07) is 15.0. The number of carbonyl (C=O) groups is 1. The lowest BCUT2D eigenvalue weighted by Gasteiger charge is -2.26. The number of carbonyl (C=O) groups excluding carboxylic acids is 1. The fourth-order valence-corrected chi connectivity index (χ4v) is 6.09. The molecule has 0 saturated carbocycles. The van der Waals surface area contributed by atoms with Gasteiger partial charge in [0.2, 0.25) is 20.9 Å². The largest absolute Gasteiger partial charge is 0.376 e. The number of sulfone groups is 1. The predicted molar refractivity (Wildman–Crippen MR) is 139 cm³/mol. The van der Waals surface area contributed by atoms with Gasteiger partial charge in [0.15, 0.2) is 0 Å². The van der Waals surface area contributed by atoms with Gasteiger partial charge in [0.05, 0.1) is 43.3 Å². The van der Waals surface area contributed by atoms with E-state index in [-0.39, 0.29) is 41.8 Å². The van der Waals surface area contributed by atoms with Crippen LogP contribution in [0.25, 0.3) is 0 Å². The van der Waals surface area contributed by atoms with Crippen LogP contribution in [-0.2, 0) is 44.6 Å². The molecule has 1 atom stereocenters. The topological polar surface area (TPSA) is 81.5 Å². The molecule has 9 heteroatoms. The van der Waals surface area contributed by atoms with Crippen molar-refractivity contribution in [2.24, 2.45) is 5.92 Å². The van der Waals surface area contributed by atoms with Crippen LogP contribution >= 0.6 is 0 Å². The summed E-state index contributed by atoms with van der Waals surface area (Å²) in [7, 11) is -3.83. The number of amides is 1. The lowest BCUT2D eigenvalue weighted by atomic mass is 10.1. The van der Waals surface area contributed by atoms with Crippen molar-refractivity contribution in [2.45, 2.75) is 63.2 Å². The molecule has 4 rings (SSSR count).